The van der Waals surface area contributed by atoms with E-state index in [4.69, 9.17) is 4.74 Å². The molecule has 1 atom stereocenters. The van der Waals surface area contributed by atoms with Gasteiger partial charge in [0.2, 0.25) is 0 Å². The molecule has 1 aliphatic heterocycles. The van der Waals surface area contributed by atoms with Gasteiger partial charge in [-0.25, -0.2) is 9.18 Å². The molecule has 4 nitrogen and oxygen atoms in total. The third-order valence-corrected chi connectivity index (χ3v) is 7.43. The lowest BCUT2D eigenvalue weighted by atomic mass is 10.0. The molecule has 0 aromatic heterocycles. The molecule has 170 valence electrons. The number of rotatable bonds is 3. The van der Waals surface area contributed by atoms with Crippen LogP contribution < -0.4 is 10.1 Å². The Kier molecular flexibility index (Phi) is 5.23. The maximum atomic E-state index is 14.1. The van der Waals surface area contributed by atoms with Crippen LogP contribution in [0.4, 0.5) is 10.1 Å². The molecule has 0 fully saturated rings. The molecule has 4 aromatic rings. The summed E-state index contributed by atoms with van der Waals surface area (Å²) in [5.41, 5.74) is 4.59. The average molecular weight is 480 g/mol. The molecule has 2 aliphatic rings. The maximum absolute atomic E-state index is 14.1. The second kappa shape index (κ2) is 8.56. The molecule has 1 unspecified atom stereocenters. The minimum Gasteiger partial charge on any atom is -0.423 e. The molecule has 1 heterocycles. The molecule has 6 rings (SSSR count). The summed E-state index contributed by atoms with van der Waals surface area (Å²) in [5.74, 6) is -1.15. The van der Waals surface area contributed by atoms with Gasteiger partial charge in [0.15, 0.2) is 5.78 Å². The van der Waals surface area contributed by atoms with Gasteiger partial charge in [-0.2, -0.15) is 0 Å². The Labute approximate surface area is 205 Å². The van der Waals surface area contributed by atoms with Crippen molar-refractivity contribution in [3.8, 4) is 5.75 Å². The number of ketones is 1. The predicted octanol–water partition coefficient (Wildman–Crippen LogP) is 6.91. The van der Waals surface area contributed by atoms with Gasteiger partial charge in [0.25, 0.3) is 0 Å². The largest absolute Gasteiger partial charge is 0.423 e. The molecule has 4 aromatic carbocycles. The standard InChI is InChI=1S/C29H18FNO3S/c30-22-13-4-3-12-21(22)29(33)34-18-9-7-8-17(16-18)28-25-26(19-10-1-2-11-20(19)27(25)32)31-23-14-5-6-15-24(23)35-28/h1-16,28,31H. The van der Waals surface area contributed by atoms with Crippen LogP contribution in [0.2, 0.25) is 0 Å². The molecule has 6 heteroatoms. The number of para-hydroxylation sites is 1. The number of carbonyl (C=O) groups is 2. The molecule has 0 saturated carbocycles. The quantitative estimate of drug-likeness (QED) is 0.256. The Morgan fingerprint density at radius 1 is 0.857 bits per heavy atom. The van der Waals surface area contributed by atoms with E-state index < -0.39 is 11.8 Å². The summed E-state index contributed by atoms with van der Waals surface area (Å²) in [7, 11) is 0. The Balaban J connectivity index is 1.42. The first kappa shape index (κ1) is 21.4. The lowest BCUT2D eigenvalue weighted by molar-refractivity contribution is 0.0729. The maximum Gasteiger partial charge on any atom is 0.346 e. The number of ether oxygens (including phenoxy) is 1. The van der Waals surface area contributed by atoms with Crippen molar-refractivity contribution in [3.05, 3.63) is 131 Å². The van der Waals surface area contributed by atoms with Crippen molar-refractivity contribution in [2.24, 2.45) is 0 Å². The number of thioether (sulfide) groups is 1. The zero-order valence-corrected chi connectivity index (χ0v) is 19.1. The highest BCUT2D eigenvalue weighted by atomic mass is 32.2. The number of carbonyl (C=O) groups excluding carboxylic acids is 2. The van der Waals surface area contributed by atoms with Crippen LogP contribution in [0.5, 0.6) is 5.75 Å². The van der Waals surface area contributed by atoms with Crippen molar-refractivity contribution in [3.63, 3.8) is 0 Å². The van der Waals surface area contributed by atoms with E-state index in [2.05, 4.69) is 5.32 Å². The highest BCUT2D eigenvalue weighted by Gasteiger charge is 2.38. The first-order chi connectivity index (χ1) is 17.1. The highest BCUT2D eigenvalue weighted by Crippen LogP contribution is 2.52. The van der Waals surface area contributed by atoms with Crippen LogP contribution in [0.1, 0.15) is 37.1 Å². The smallest absolute Gasteiger partial charge is 0.346 e. The zero-order chi connectivity index (χ0) is 23.9. The van der Waals surface area contributed by atoms with Gasteiger partial charge in [0.1, 0.15) is 11.6 Å². The number of fused-ring (bicyclic) bond motifs is 3. The van der Waals surface area contributed by atoms with Crippen LogP contribution in [-0.2, 0) is 0 Å². The molecule has 1 N–H and O–H groups in total. The van der Waals surface area contributed by atoms with Crippen molar-refractivity contribution in [2.45, 2.75) is 10.1 Å². The fourth-order valence-corrected chi connectivity index (χ4v) is 5.73. The van der Waals surface area contributed by atoms with Crippen molar-refractivity contribution in [1.82, 2.24) is 0 Å². The number of halogens is 1. The van der Waals surface area contributed by atoms with Gasteiger partial charge in [-0.15, -0.1) is 11.8 Å². The molecule has 0 spiro atoms. The molecule has 0 amide bonds. The first-order valence-electron chi connectivity index (χ1n) is 11.1. The fourth-order valence-electron chi connectivity index (χ4n) is 4.45. The second-order valence-corrected chi connectivity index (χ2v) is 9.37. The zero-order valence-electron chi connectivity index (χ0n) is 18.3. The van der Waals surface area contributed by atoms with Gasteiger partial charge in [-0.3, -0.25) is 4.79 Å². The second-order valence-electron chi connectivity index (χ2n) is 8.22. The lowest BCUT2D eigenvalue weighted by Crippen LogP contribution is -2.11. The molecule has 0 bridgehead atoms. The van der Waals surface area contributed by atoms with E-state index in [1.807, 2.05) is 54.6 Å². The summed E-state index contributed by atoms with van der Waals surface area (Å²) >= 11 is 1.57. The summed E-state index contributed by atoms with van der Waals surface area (Å²) in [6.07, 6.45) is 0. The first-order valence-corrected chi connectivity index (χ1v) is 12.0. The van der Waals surface area contributed by atoms with E-state index in [1.165, 1.54) is 18.2 Å². The molecule has 1 aliphatic carbocycles. The highest BCUT2D eigenvalue weighted by molar-refractivity contribution is 8.00. The minimum atomic E-state index is -0.773. The number of hydrogen-bond acceptors (Lipinski definition) is 5. The molecule has 0 radical (unpaired) electrons. The predicted molar refractivity (Wildman–Crippen MR) is 134 cm³/mol. The Morgan fingerprint density at radius 3 is 2.46 bits per heavy atom. The Morgan fingerprint density at radius 2 is 1.60 bits per heavy atom. The van der Waals surface area contributed by atoms with Gasteiger partial charge in [-0.05, 0) is 42.0 Å². The van der Waals surface area contributed by atoms with Crippen LogP contribution in [0.25, 0.3) is 5.70 Å². The number of esters is 1. The van der Waals surface area contributed by atoms with E-state index in [-0.39, 0.29) is 22.3 Å². The van der Waals surface area contributed by atoms with Crippen LogP contribution >= 0.6 is 11.8 Å². The monoisotopic (exact) mass is 479 g/mol. The molecular weight excluding hydrogens is 461 g/mol. The third kappa shape index (κ3) is 3.72. The van der Waals surface area contributed by atoms with Crippen molar-refractivity contribution in [1.29, 1.82) is 0 Å². The van der Waals surface area contributed by atoms with Gasteiger partial charge in [0, 0.05) is 21.6 Å². The van der Waals surface area contributed by atoms with Gasteiger partial charge in [0.05, 0.1) is 22.2 Å². The van der Waals surface area contributed by atoms with E-state index in [0.717, 1.165) is 27.4 Å². The fraction of sp³-hybridized carbons (Fsp3) is 0.0345. The van der Waals surface area contributed by atoms with E-state index >= 15 is 0 Å². The summed E-state index contributed by atoms with van der Waals surface area (Å²) in [6.45, 7) is 0. The van der Waals surface area contributed by atoms with E-state index in [9.17, 15) is 14.0 Å². The number of benzene rings is 4. The SMILES string of the molecule is O=C(Oc1cccc(C2Sc3ccccc3NC3=C2C(=O)c2ccccc23)c1)c1ccccc1F. The molecule has 0 saturated heterocycles. The Hall–Kier alpha value is -4.16. The van der Waals surface area contributed by atoms with E-state index in [0.29, 0.717) is 11.1 Å². The summed E-state index contributed by atoms with van der Waals surface area (Å²) in [6, 6.07) is 28.3. The number of nitrogens with one attached hydrogen (secondary N) is 1. The molecular formula is C29H18FNO3S. The topological polar surface area (TPSA) is 55.4 Å². The van der Waals surface area contributed by atoms with Gasteiger partial charge < -0.3 is 10.1 Å². The van der Waals surface area contributed by atoms with Crippen molar-refractivity contribution >= 4 is 34.9 Å². The summed E-state index contributed by atoms with van der Waals surface area (Å²) in [5, 5.41) is 3.15. The summed E-state index contributed by atoms with van der Waals surface area (Å²) < 4.78 is 19.6. The molecule has 35 heavy (non-hydrogen) atoms. The lowest BCUT2D eigenvalue weighted by Gasteiger charge is -2.18. The van der Waals surface area contributed by atoms with Crippen LogP contribution in [0.3, 0.4) is 0 Å². The van der Waals surface area contributed by atoms with Crippen molar-refractivity contribution in [2.75, 3.05) is 5.32 Å². The van der Waals surface area contributed by atoms with Crippen LogP contribution in [0, 0.1) is 5.82 Å². The summed E-state index contributed by atoms with van der Waals surface area (Å²) in [4.78, 5) is 27.2. The number of Topliss-reactive ketones (excluding diaryl/α,β-unsaturated/α-hetero) is 1. The number of hydrogen-bond donors (Lipinski definition) is 1. The van der Waals surface area contributed by atoms with Crippen LogP contribution in [-0.4, -0.2) is 11.8 Å². The van der Waals surface area contributed by atoms with Crippen LogP contribution in [0.15, 0.2) is 108 Å². The van der Waals surface area contributed by atoms with Gasteiger partial charge >= 0.3 is 5.97 Å². The normalized spacial score (nSPS) is 16.0. The van der Waals surface area contributed by atoms with Gasteiger partial charge in [-0.1, -0.05) is 60.7 Å². The minimum absolute atomic E-state index is 0.0258. The van der Waals surface area contributed by atoms with Crippen molar-refractivity contribution < 1.29 is 18.7 Å². The Bertz CT molecular complexity index is 1540. The third-order valence-electron chi connectivity index (χ3n) is 6.07. The van der Waals surface area contributed by atoms with E-state index in [1.54, 1.807) is 36.0 Å². The average Bonchev–Trinajstić information content (AvgIpc) is 3.04. The number of anilines is 1.